The van der Waals surface area contributed by atoms with Gasteiger partial charge in [0.15, 0.2) is 0 Å². The van der Waals surface area contributed by atoms with Gasteiger partial charge in [0.2, 0.25) is 5.95 Å². The topological polar surface area (TPSA) is 29.9 Å². The zero-order valence-electron chi connectivity index (χ0n) is 11.8. The number of hydrogen-bond acceptors (Lipinski definition) is 2. The van der Waals surface area contributed by atoms with Crippen molar-refractivity contribution in [1.29, 1.82) is 0 Å². The molecule has 100 valence electrons. The lowest BCUT2D eigenvalue weighted by atomic mass is 9.98. The normalized spacial score (nSPS) is 19.8. The van der Waals surface area contributed by atoms with Crippen LogP contribution < -0.4 is 5.32 Å². The van der Waals surface area contributed by atoms with Crippen LogP contribution in [0, 0.1) is 24.7 Å². The lowest BCUT2D eigenvalue weighted by Crippen LogP contribution is -2.20. The summed E-state index contributed by atoms with van der Waals surface area (Å²) in [7, 11) is 0. The molecule has 1 aromatic heterocycles. The van der Waals surface area contributed by atoms with Gasteiger partial charge in [0.25, 0.3) is 0 Å². The maximum absolute atomic E-state index is 4.62. The third-order valence-electron chi connectivity index (χ3n) is 4.36. The molecule has 0 bridgehead atoms. The molecule has 0 amide bonds. The Bertz CT molecular complexity index is 401. The highest BCUT2D eigenvalue weighted by molar-refractivity contribution is 5.29. The summed E-state index contributed by atoms with van der Waals surface area (Å²) in [6, 6.07) is 0.481. The van der Waals surface area contributed by atoms with Crippen molar-refractivity contribution in [1.82, 2.24) is 9.55 Å². The third kappa shape index (κ3) is 2.55. The highest BCUT2D eigenvalue weighted by Crippen LogP contribution is 2.49. The van der Waals surface area contributed by atoms with E-state index in [0.717, 1.165) is 35.9 Å². The molecule has 1 N–H and O–H groups in total. The molecule has 3 heteroatoms. The molecule has 2 aliphatic carbocycles. The fraction of sp³-hybridized carbons (Fsp3) is 0.800. The molecule has 0 atom stereocenters. The number of aromatic nitrogens is 2. The molecule has 0 unspecified atom stereocenters. The summed E-state index contributed by atoms with van der Waals surface area (Å²) in [4.78, 5) is 4.62. The minimum absolute atomic E-state index is 0.481. The van der Waals surface area contributed by atoms with E-state index in [4.69, 9.17) is 0 Å². The number of imidazole rings is 1. The number of hydrogen-bond donors (Lipinski definition) is 1. The first-order valence-electron chi connectivity index (χ1n) is 7.44. The molecule has 2 aliphatic rings. The SMILES string of the molecule is Cc1cn(C(C)C)c(NCC(C2CC2)C2CC2)n1. The Kier molecular flexibility index (Phi) is 3.08. The lowest BCUT2D eigenvalue weighted by molar-refractivity contribution is 0.425. The number of aryl methyl sites for hydroxylation is 1. The first-order chi connectivity index (χ1) is 8.65. The zero-order valence-corrected chi connectivity index (χ0v) is 11.8. The van der Waals surface area contributed by atoms with E-state index in [1.165, 1.54) is 25.7 Å². The molecule has 0 spiro atoms. The van der Waals surface area contributed by atoms with Gasteiger partial charge in [-0.2, -0.15) is 0 Å². The molecule has 3 nitrogen and oxygen atoms in total. The molecule has 0 radical (unpaired) electrons. The van der Waals surface area contributed by atoms with E-state index in [0.29, 0.717) is 6.04 Å². The molecule has 1 heterocycles. The van der Waals surface area contributed by atoms with Gasteiger partial charge in [-0.05, 0) is 64.2 Å². The van der Waals surface area contributed by atoms with Crippen LogP contribution in [0.25, 0.3) is 0 Å². The van der Waals surface area contributed by atoms with Crippen LogP contribution in [0.1, 0.15) is 51.3 Å². The van der Waals surface area contributed by atoms with Crippen LogP contribution in [-0.2, 0) is 0 Å². The number of nitrogens with one attached hydrogen (secondary N) is 1. The van der Waals surface area contributed by atoms with Crippen LogP contribution in [0.2, 0.25) is 0 Å². The number of nitrogens with zero attached hydrogens (tertiary/aromatic N) is 2. The number of anilines is 1. The summed E-state index contributed by atoms with van der Waals surface area (Å²) >= 11 is 0. The maximum atomic E-state index is 4.62. The zero-order chi connectivity index (χ0) is 12.7. The molecule has 0 aromatic carbocycles. The fourth-order valence-corrected chi connectivity index (χ4v) is 3.02. The van der Waals surface area contributed by atoms with E-state index in [9.17, 15) is 0 Å². The first kappa shape index (κ1) is 12.1. The second-order valence-corrected chi connectivity index (χ2v) is 6.43. The molecule has 18 heavy (non-hydrogen) atoms. The van der Waals surface area contributed by atoms with Gasteiger partial charge >= 0.3 is 0 Å². The Hall–Kier alpha value is -0.990. The molecular weight excluding hydrogens is 222 g/mol. The second kappa shape index (κ2) is 4.60. The molecular formula is C15H25N3. The van der Waals surface area contributed by atoms with E-state index in [1.54, 1.807) is 0 Å². The molecule has 2 fully saturated rings. The summed E-state index contributed by atoms with van der Waals surface area (Å²) in [5.41, 5.74) is 1.11. The smallest absolute Gasteiger partial charge is 0.203 e. The van der Waals surface area contributed by atoms with Crippen LogP contribution in [0.3, 0.4) is 0 Å². The van der Waals surface area contributed by atoms with Gasteiger partial charge in [-0.3, -0.25) is 0 Å². The lowest BCUT2D eigenvalue weighted by Gasteiger charge is -2.18. The molecule has 3 rings (SSSR count). The summed E-state index contributed by atoms with van der Waals surface area (Å²) in [6.07, 6.45) is 7.98. The van der Waals surface area contributed by atoms with Crippen molar-refractivity contribution >= 4 is 5.95 Å². The van der Waals surface area contributed by atoms with Crippen molar-refractivity contribution in [2.24, 2.45) is 17.8 Å². The first-order valence-corrected chi connectivity index (χ1v) is 7.44. The summed E-state index contributed by atoms with van der Waals surface area (Å²) < 4.78 is 2.26. The van der Waals surface area contributed by atoms with Crippen LogP contribution in [-0.4, -0.2) is 16.1 Å². The van der Waals surface area contributed by atoms with Crippen LogP contribution in [0.5, 0.6) is 0 Å². The van der Waals surface area contributed by atoms with Crippen molar-refractivity contribution in [3.8, 4) is 0 Å². The van der Waals surface area contributed by atoms with Crippen molar-refractivity contribution in [2.45, 2.75) is 52.5 Å². The van der Waals surface area contributed by atoms with Crippen LogP contribution >= 0.6 is 0 Å². The predicted octanol–water partition coefficient (Wildman–Crippen LogP) is 3.62. The number of rotatable bonds is 6. The summed E-state index contributed by atoms with van der Waals surface area (Å²) in [5.74, 6) is 3.98. The van der Waals surface area contributed by atoms with Gasteiger partial charge in [-0.1, -0.05) is 0 Å². The van der Waals surface area contributed by atoms with Gasteiger partial charge in [-0.15, -0.1) is 0 Å². The minimum Gasteiger partial charge on any atom is -0.355 e. The Morgan fingerprint density at radius 2 is 1.89 bits per heavy atom. The average Bonchev–Trinajstić information content (AvgIpc) is 3.19. The Labute approximate surface area is 110 Å². The third-order valence-corrected chi connectivity index (χ3v) is 4.36. The Morgan fingerprint density at radius 1 is 1.28 bits per heavy atom. The van der Waals surface area contributed by atoms with E-state index in [1.807, 2.05) is 0 Å². The van der Waals surface area contributed by atoms with Gasteiger partial charge < -0.3 is 9.88 Å². The predicted molar refractivity (Wildman–Crippen MR) is 74.8 cm³/mol. The standard InChI is InChI=1S/C15H25N3/c1-10(2)18-9-11(3)17-15(18)16-8-14(12-4-5-12)13-6-7-13/h9-10,12-14H,4-8H2,1-3H3,(H,16,17). The second-order valence-electron chi connectivity index (χ2n) is 6.43. The van der Waals surface area contributed by atoms with Crippen molar-refractivity contribution in [3.63, 3.8) is 0 Å². The summed E-state index contributed by atoms with van der Waals surface area (Å²) in [5, 5.41) is 3.61. The fourth-order valence-electron chi connectivity index (χ4n) is 3.02. The quantitative estimate of drug-likeness (QED) is 0.832. The average molecular weight is 247 g/mol. The largest absolute Gasteiger partial charge is 0.355 e. The highest BCUT2D eigenvalue weighted by atomic mass is 15.2. The monoisotopic (exact) mass is 247 g/mol. The minimum atomic E-state index is 0.481. The van der Waals surface area contributed by atoms with Crippen LogP contribution in [0.4, 0.5) is 5.95 Å². The van der Waals surface area contributed by atoms with Crippen LogP contribution in [0.15, 0.2) is 6.20 Å². The van der Waals surface area contributed by atoms with Gasteiger partial charge in [-0.25, -0.2) is 4.98 Å². The summed E-state index contributed by atoms with van der Waals surface area (Å²) in [6.45, 7) is 7.62. The van der Waals surface area contributed by atoms with Gasteiger partial charge in [0.05, 0.1) is 5.69 Å². The van der Waals surface area contributed by atoms with E-state index >= 15 is 0 Å². The van der Waals surface area contributed by atoms with E-state index in [-0.39, 0.29) is 0 Å². The maximum Gasteiger partial charge on any atom is 0.203 e. The highest BCUT2D eigenvalue weighted by Gasteiger charge is 2.41. The Balaban J connectivity index is 1.64. The molecule has 0 saturated heterocycles. The van der Waals surface area contributed by atoms with E-state index < -0.39 is 0 Å². The Morgan fingerprint density at radius 3 is 2.39 bits per heavy atom. The molecule has 1 aromatic rings. The van der Waals surface area contributed by atoms with E-state index in [2.05, 4.69) is 41.8 Å². The van der Waals surface area contributed by atoms with Gasteiger partial charge in [0.1, 0.15) is 0 Å². The van der Waals surface area contributed by atoms with Crippen molar-refractivity contribution in [2.75, 3.05) is 11.9 Å². The molecule has 2 saturated carbocycles. The van der Waals surface area contributed by atoms with Gasteiger partial charge in [0, 0.05) is 18.8 Å². The molecule has 0 aliphatic heterocycles. The van der Waals surface area contributed by atoms with Crippen molar-refractivity contribution < 1.29 is 0 Å². The van der Waals surface area contributed by atoms with Crippen molar-refractivity contribution in [3.05, 3.63) is 11.9 Å².